The van der Waals surface area contributed by atoms with Gasteiger partial charge < -0.3 is 15.4 Å². The molecule has 178 valence electrons. The third-order valence-electron chi connectivity index (χ3n) is 6.65. The SMILES string of the molecule is Cc1cccc(NC(=O)Nc2ccc(-c3ccc(CN4CCOCC4)nc3)c3ccccc23)c1C. The lowest BCUT2D eigenvalue weighted by molar-refractivity contribution is 0.0336. The molecule has 6 nitrogen and oxygen atoms in total. The van der Waals surface area contributed by atoms with E-state index >= 15 is 0 Å². The molecule has 2 heterocycles. The minimum Gasteiger partial charge on any atom is -0.379 e. The first kappa shape index (κ1) is 23.0. The van der Waals surface area contributed by atoms with E-state index < -0.39 is 0 Å². The third-order valence-corrected chi connectivity index (χ3v) is 6.65. The number of urea groups is 1. The number of fused-ring (bicyclic) bond motifs is 1. The number of anilines is 2. The fourth-order valence-corrected chi connectivity index (χ4v) is 4.49. The van der Waals surface area contributed by atoms with Crippen LogP contribution in [0.15, 0.2) is 72.9 Å². The van der Waals surface area contributed by atoms with Crippen molar-refractivity contribution in [1.82, 2.24) is 9.88 Å². The van der Waals surface area contributed by atoms with Crippen LogP contribution in [-0.4, -0.2) is 42.2 Å². The number of rotatable bonds is 5. The van der Waals surface area contributed by atoms with Gasteiger partial charge in [-0.05, 0) is 54.1 Å². The Morgan fingerprint density at radius 1 is 0.886 bits per heavy atom. The second kappa shape index (κ2) is 10.3. The van der Waals surface area contributed by atoms with Gasteiger partial charge in [0, 0.05) is 42.5 Å². The van der Waals surface area contributed by atoms with E-state index in [0.717, 1.165) is 82.9 Å². The van der Waals surface area contributed by atoms with Crippen molar-refractivity contribution in [3.05, 3.63) is 89.7 Å². The lowest BCUT2D eigenvalue weighted by Gasteiger charge is -2.26. The van der Waals surface area contributed by atoms with E-state index in [1.807, 2.05) is 62.5 Å². The van der Waals surface area contributed by atoms with Gasteiger partial charge in [0.05, 0.1) is 24.6 Å². The molecule has 1 aliphatic rings. The van der Waals surface area contributed by atoms with E-state index in [4.69, 9.17) is 9.72 Å². The summed E-state index contributed by atoms with van der Waals surface area (Å²) in [6, 6.07) is 22.0. The van der Waals surface area contributed by atoms with Crippen molar-refractivity contribution >= 4 is 28.2 Å². The molecule has 0 radical (unpaired) electrons. The molecule has 3 aromatic carbocycles. The number of carbonyl (C=O) groups excluding carboxylic acids is 1. The maximum Gasteiger partial charge on any atom is 0.323 e. The van der Waals surface area contributed by atoms with Crippen LogP contribution in [0.25, 0.3) is 21.9 Å². The Morgan fingerprint density at radius 3 is 2.43 bits per heavy atom. The van der Waals surface area contributed by atoms with Crippen molar-refractivity contribution in [2.75, 3.05) is 36.9 Å². The Bertz CT molecular complexity index is 1340. The van der Waals surface area contributed by atoms with Gasteiger partial charge in [0.2, 0.25) is 0 Å². The molecule has 0 atom stereocenters. The van der Waals surface area contributed by atoms with Gasteiger partial charge in [-0.25, -0.2) is 4.79 Å². The molecule has 6 heteroatoms. The van der Waals surface area contributed by atoms with Crippen molar-refractivity contribution in [3.8, 4) is 11.1 Å². The minimum absolute atomic E-state index is 0.259. The number of hydrogen-bond acceptors (Lipinski definition) is 4. The number of benzene rings is 3. The van der Waals surface area contributed by atoms with Crippen molar-refractivity contribution < 1.29 is 9.53 Å². The summed E-state index contributed by atoms with van der Waals surface area (Å²) in [6.45, 7) is 8.34. The van der Waals surface area contributed by atoms with Crippen molar-refractivity contribution in [3.63, 3.8) is 0 Å². The van der Waals surface area contributed by atoms with Gasteiger partial charge in [0.15, 0.2) is 0 Å². The van der Waals surface area contributed by atoms with Gasteiger partial charge in [-0.3, -0.25) is 9.88 Å². The smallest absolute Gasteiger partial charge is 0.323 e. The number of aryl methyl sites for hydroxylation is 1. The standard InChI is InChI=1S/C29H30N4O2/c1-20-6-5-9-27(21(20)2)31-29(34)32-28-13-12-24(25-7-3-4-8-26(25)28)22-10-11-23(30-18-22)19-33-14-16-35-17-15-33/h3-13,18H,14-17,19H2,1-2H3,(H2,31,32,34). The van der Waals surface area contributed by atoms with E-state index in [0.29, 0.717) is 0 Å². The van der Waals surface area contributed by atoms with Gasteiger partial charge >= 0.3 is 6.03 Å². The summed E-state index contributed by atoms with van der Waals surface area (Å²) in [7, 11) is 0. The van der Waals surface area contributed by atoms with Crippen molar-refractivity contribution in [2.45, 2.75) is 20.4 Å². The van der Waals surface area contributed by atoms with Crippen LogP contribution in [0.5, 0.6) is 0 Å². The highest BCUT2D eigenvalue weighted by Gasteiger charge is 2.14. The fourth-order valence-electron chi connectivity index (χ4n) is 4.49. The average Bonchev–Trinajstić information content (AvgIpc) is 2.88. The van der Waals surface area contributed by atoms with Crippen LogP contribution in [-0.2, 0) is 11.3 Å². The largest absolute Gasteiger partial charge is 0.379 e. The zero-order valence-electron chi connectivity index (χ0n) is 20.2. The molecular weight excluding hydrogens is 436 g/mol. The summed E-state index contributed by atoms with van der Waals surface area (Å²) < 4.78 is 5.44. The zero-order valence-corrected chi connectivity index (χ0v) is 20.2. The molecule has 1 saturated heterocycles. The maximum absolute atomic E-state index is 12.8. The number of carbonyl (C=O) groups is 1. The molecule has 0 aliphatic carbocycles. The van der Waals surface area contributed by atoms with Crippen LogP contribution in [0.2, 0.25) is 0 Å². The molecule has 5 rings (SSSR count). The van der Waals surface area contributed by atoms with Gasteiger partial charge in [-0.15, -0.1) is 0 Å². The molecule has 1 fully saturated rings. The second-order valence-electron chi connectivity index (χ2n) is 8.96. The summed E-state index contributed by atoms with van der Waals surface area (Å²) in [6.07, 6.45) is 1.94. The predicted octanol–water partition coefficient (Wildman–Crippen LogP) is 5.99. The highest BCUT2D eigenvalue weighted by molar-refractivity contribution is 6.09. The normalized spacial score (nSPS) is 14.1. The molecule has 4 aromatic rings. The number of aromatic nitrogens is 1. The Labute approximate surface area is 205 Å². The molecule has 0 unspecified atom stereocenters. The third kappa shape index (κ3) is 5.19. The van der Waals surface area contributed by atoms with Crippen LogP contribution in [0.4, 0.5) is 16.2 Å². The number of pyridine rings is 1. The van der Waals surface area contributed by atoms with Gasteiger partial charge in [-0.1, -0.05) is 48.5 Å². The first-order valence-corrected chi connectivity index (χ1v) is 12.0. The highest BCUT2D eigenvalue weighted by atomic mass is 16.5. The Hall–Kier alpha value is -3.74. The lowest BCUT2D eigenvalue weighted by atomic mass is 9.98. The number of ether oxygens (including phenoxy) is 1. The van der Waals surface area contributed by atoms with Gasteiger partial charge in [0.25, 0.3) is 0 Å². The summed E-state index contributed by atoms with van der Waals surface area (Å²) in [4.78, 5) is 19.9. The van der Waals surface area contributed by atoms with Crippen LogP contribution in [0, 0.1) is 13.8 Å². The molecular formula is C29H30N4O2. The van der Waals surface area contributed by atoms with E-state index in [2.05, 4.69) is 39.8 Å². The first-order chi connectivity index (χ1) is 17.1. The summed E-state index contributed by atoms with van der Waals surface area (Å²) >= 11 is 0. The second-order valence-corrected chi connectivity index (χ2v) is 8.96. The van der Waals surface area contributed by atoms with Gasteiger partial charge in [-0.2, -0.15) is 0 Å². The van der Waals surface area contributed by atoms with Gasteiger partial charge in [0.1, 0.15) is 0 Å². The monoisotopic (exact) mass is 466 g/mol. The van der Waals surface area contributed by atoms with E-state index in [1.165, 1.54) is 0 Å². The van der Waals surface area contributed by atoms with Crippen LogP contribution < -0.4 is 10.6 Å². The molecule has 0 bridgehead atoms. The summed E-state index contributed by atoms with van der Waals surface area (Å²) in [5.41, 5.74) is 6.98. The number of nitrogens with one attached hydrogen (secondary N) is 2. The summed E-state index contributed by atoms with van der Waals surface area (Å²) in [5, 5.41) is 8.06. The first-order valence-electron chi connectivity index (χ1n) is 12.0. The fraction of sp³-hybridized carbons (Fsp3) is 0.241. The number of hydrogen-bond donors (Lipinski definition) is 2. The van der Waals surface area contributed by atoms with Crippen LogP contribution in [0.1, 0.15) is 16.8 Å². The average molecular weight is 467 g/mol. The molecule has 2 amide bonds. The Balaban J connectivity index is 1.37. The molecule has 1 aliphatic heterocycles. The highest BCUT2D eigenvalue weighted by Crippen LogP contribution is 2.33. The zero-order chi connectivity index (χ0) is 24.2. The maximum atomic E-state index is 12.8. The van der Waals surface area contributed by atoms with E-state index in [9.17, 15) is 4.79 Å². The predicted molar refractivity (Wildman–Crippen MR) is 142 cm³/mol. The molecule has 2 N–H and O–H groups in total. The number of amides is 2. The molecule has 1 aromatic heterocycles. The summed E-state index contributed by atoms with van der Waals surface area (Å²) in [5.74, 6) is 0. The van der Waals surface area contributed by atoms with E-state index in [1.54, 1.807) is 0 Å². The van der Waals surface area contributed by atoms with E-state index in [-0.39, 0.29) is 6.03 Å². The molecule has 0 spiro atoms. The lowest BCUT2D eigenvalue weighted by Crippen LogP contribution is -2.35. The van der Waals surface area contributed by atoms with Crippen LogP contribution in [0.3, 0.4) is 0 Å². The quantitative estimate of drug-likeness (QED) is 0.379. The van der Waals surface area contributed by atoms with Crippen LogP contribution >= 0.6 is 0 Å². The van der Waals surface area contributed by atoms with Crippen molar-refractivity contribution in [2.24, 2.45) is 0 Å². The number of morpholine rings is 1. The van der Waals surface area contributed by atoms with Crippen molar-refractivity contribution in [1.29, 1.82) is 0 Å². The topological polar surface area (TPSA) is 66.5 Å². The Kier molecular flexibility index (Phi) is 6.75. The molecule has 0 saturated carbocycles. The molecule has 35 heavy (non-hydrogen) atoms. The number of nitrogens with zero attached hydrogens (tertiary/aromatic N) is 2. The minimum atomic E-state index is -0.259. The Morgan fingerprint density at radius 2 is 1.66 bits per heavy atom.